The third kappa shape index (κ3) is 9.69. The van der Waals surface area contributed by atoms with E-state index in [9.17, 15) is 30.9 Å². The van der Waals surface area contributed by atoms with Crippen molar-refractivity contribution < 1.29 is 40.0 Å². The van der Waals surface area contributed by atoms with Crippen molar-refractivity contribution in [2.24, 2.45) is 0 Å². The zero-order valence-electron chi connectivity index (χ0n) is 6.35. The molecule has 0 heterocycles. The molecule has 0 saturated heterocycles. The first kappa shape index (κ1) is 13.6. The lowest BCUT2D eigenvalue weighted by molar-refractivity contribution is -0.163. The van der Waals surface area contributed by atoms with Crippen LogP contribution >= 0.6 is 8.25 Å². The van der Waals surface area contributed by atoms with Crippen LogP contribution in [-0.4, -0.2) is 25.6 Å². The van der Waals surface area contributed by atoms with Gasteiger partial charge < -0.3 is 0 Å². The number of alkyl halides is 6. The van der Waals surface area contributed by atoms with Crippen LogP contribution in [0.1, 0.15) is 0 Å². The van der Waals surface area contributed by atoms with E-state index in [1.54, 1.807) is 0 Å². The average molecular weight is 245 g/mol. The summed E-state index contributed by atoms with van der Waals surface area (Å²) in [6.07, 6.45) is -9.51. The molecule has 0 bridgehead atoms. The molecule has 0 N–H and O–H groups in total. The number of rotatable bonds is 4. The molecule has 0 aliphatic heterocycles. The molecule has 0 spiro atoms. The van der Waals surface area contributed by atoms with Gasteiger partial charge in [0.1, 0.15) is 0 Å². The van der Waals surface area contributed by atoms with E-state index in [0.29, 0.717) is 0 Å². The highest BCUT2D eigenvalue weighted by molar-refractivity contribution is 7.33. The Kier molecular flexibility index (Phi) is 4.76. The monoisotopic (exact) mass is 245 g/mol. The van der Waals surface area contributed by atoms with Gasteiger partial charge >= 0.3 is 20.6 Å². The minimum atomic E-state index is -4.76. The van der Waals surface area contributed by atoms with E-state index in [-0.39, 0.29) is 0 Å². The SMILES string of the molecule is O=[P](OCC(F)(F)F)OCC(F)(F)F. The minimum Gasteiger partial charge on any atom is -0.273 e. The van der Waals surface area contributed by atoms with Crippen LogP contribution in [0.25, 0.3) is 0 Å². The molecule has 0 amide bonds. The van der Waals surface area contributed by atoms with Gasteiger partial charge in [0.25, 0.3) is 0 Å². The summed E-state index contributed by atoms with van der Waals surface area (Å²) in [5.41, 5.74) is 0. The molecule has 0 aliphatic rings. The lowest BCUT2D eigenvalue weighted by Crippen LogP contribution is -2.17. The molecule has 0 aromatic carbocycles. The summed E-state index contributed by atoms with van der Waals surface area (Å²) < 4.78 is 85.3. The molecule has 3 nitrogen and oxygen atoms in total. The zero-order chi connectivity index (χ0) is 11.4. The Balaban J connectivity index is 3.68. The van der Waals surface area contributed by atoms with Gasteiger partial charge in [-0.2, -0.15) is 26.3 Å². The van der Waals surface area contributed by atoms with Gasteiger partial charge in [0.15, 0.2) is 13.2 Å². The molecular formula is C4H4F6O3P. The Morgan fingerprint density at radius 2 is 1.14 bits per heavy atom. The highest BCUT2D eigenvalue weighted by Gasteiger charge is 2.32. The van der Waals surface area contributed by atoms with E-state index < -0.39 is 33.8 Å². The molecule has 0 atom stereocenters. The number of hydrogen-bond donors (Lipinski definition) is 0. The lowest BCUT2D eigenvalue weighted by Gasteiger charge is -2.07. The predicted molar refractivity (Wildman–Crippen MR) is 31.6 cm³/mol. The van der Waals surface area contributed by atoms with E-state index in [1.807, 2.05) is 0 Å². The molecule has 1 radical (unpaired) electrons. The fourth-order valence-corrected chi connectivity index (χ4v) is 0.867. The van der Waals surface area contributed by atoms with Crippen LogP contribution in [0.2, 0.25) is 0 Å². The standard InChI is InChI=1S/C4H4F6O3P/c5-3(6,7)1-12-14(11)13-2-4(8,9)10/h1-2H2. The lowest BCUT2D eigenvalue weighted by atomic mass is 10.7. The second kappa shape index (κ2) is 4.90. The Labute approximate surface area is 74.9 Å². The predicted octanol–water partition coefficient (Wildman–Crippen LogP) is 2.80. The highest BCUT2D eigenvalue weighted by Crippen LogP contribution is 2.30. The minimum absolute atomic E-state index is 1.92. The molecule has 0 aliphatic carbocycles. The van der Waals surface area contributed by atoms with Crippen LogP contribution in [0.5, 0.6) is 0 Å². The summed E-state index contributed by atoms with van der Waals surface area (Å²) in [6.45, 7) is -3.83. The van der Waals surface area contributed by atoms with E-state index in [1.165, 1.54) is 0 Å². The van der Waals surface area contributed by atoms with Crippen LogP contribution in [0.4, 0.5) is 26.3 Å². The summed E-state index contributed by atoms with van der Waals surface area (Å²) in [4.78, 5) is 0. The summed E-state index contributed by atoms with van der Waals surface area (Å²) in [5, 5.41) is 0. The third-order valence-electron chi connectivity index (χ3n) is 0.667. The van der Waals surface area contributed by atoms with Gasteiger partial charge in [0.2, 0.25) is 0 Å². The Hall–Kier alpha value is -0.400. The van der Waals surface area contributed by atoms with Crippen molar-refractivity contribution in [2.75, 3.05) is 13.2 Å². The Bertz CT molecular complexity index is 178. The van der Waals surface area contributed by atoms with Crippen molar-refractivity contribution >= 4 is 8.25 Å². The smallest absolute Gasteiger partial charge is 0.273 e. The molecule has 0 fully saturated rings. The topological polar surface area (TPSA) is 35.5 Å². The first-order valence-electron chi connectivity index (χ1n) is 2.97. The van der Waals surface area contributed by atoms with Gasteiger partial charge in [-0.15, -0.1) is 0 Å². The van der Waals surface area contributed by atoms with Crippen LogP contribution in [-0.2, 0) is 13.6 Å². The number of halogens is 6. The molecular weight excluding hydrogens is 241 g/mol. The molecule has 85 valence electrons. The van der Waals surface area contributed by atoms with E-state index in [4.69, 9.17) is 0 Å². The maximum Gasteiger partial charge on any atom is 0.412 e. The van der Waals surface area contributed by atoms with Crippen molar-refractivity contribution in [1.82, 2.24) is 0 Å². The van der Waals surface area contributed by atoms with Gasteiger partial charge in [-0.05, 0) is 0 Å². The quantitative estimate of drug-likeness (QED) is 0.564. The van der Waals surface area contributed by atoms with Gasteiger partial charge in [-0.25, -0.2) is 4.57 Å². The molecule has 0 saturated carbocycles. The highest BCUT2D eigenvalue weighted by atomic mass is 31.1. The first-order chi connectivity index (χ1) is 6.10. The van der Waals surface area contributed by atoms with Crippen LogP contribution in [0.15, 0.2) is 0 Å². The van der Waals surface area contributed by atoms with Crippen LogP contribution in [0, 0.1) is 0 Å². The molecule has 0 aromatic rings. The molecule has 14 heavy (non-hydrogen) atoms. The second-order valence-electron chi connectivity index (χ2n) is 2.00. The van der Waals surface area contributed by atoms with Crippen LogP contribution in [0.3, 0.4) is 0 Å². The molecule has 0 unspecified atom stereocenters. The Morgan fingerprint density at radius 3 is 1.36 bits per heavy atom. The van der Waals surface area contributed by atoms with E-state index in [0.717, 1.165) is 0 Å². The van der Waals surface area contributed by atoms with Crippen molar-refractivity contribution in [1.29, 1.82) is 0 Å². The zero-order valence-corrected chi connectivity index (χ0v) is 7.25. The number of hydrogen-bond acceptors (Lipinski definition) is 3. The van der Waals surface area contributed by atoms with Crippen molar-refractivity contribution in [3.05, 3.63) is 0 Å². The fraction of sp³-hybridized carbons (Fsp3) is 1.00. The maximum atomic E-state index is 11.4. The first-order valence-corrected chi connectivity index (χ1v) is 4.06. The summed E-state index contributed by atoms with van der Waals surface area (Å²) in [5.74, 6) is 0. The normalized spacial score (nSPS) is 13.0. The van der Waals surface area contributed by atoms with E-state index >= 15 is 0 Å². The summed E-state index contributed by atoms with van der Waals surface area (Å²) in [6, 6.07) is 0. The Morgan fingerprint density at radius 1 is 0.857 bits per heavy atom. The average Bonchev–Trinajstić information content (AvgIpc) is 1.94. The third-order valence-corrected chi connectivity index (χ3v) is 1.35. The molecule has 0 rings (SSSR count). The van der Waals surface area contributed by atoms with Crippen molar-refractivity contribution in [2.45, 2.75) is 12.4 Å². The summed E-state index contributed by atoms with van der Waals surface area (Å²) >= 11 is 0. The maximum absolute atomic E-state index is 11.4. The molecule has 0 aromatic heterocycles. The van der Waals surface area contributed by atoms with Gasteiger partial charge in [0, 0.05) is 0 Å². The van der Waals surface area contributed by atoms with Gasteiger partial charge in [0.05, 0.1) is 0 Å². The van der Waals surface area contributed by atoms with Gasteiger partial charge in [-0.3, -0.25) is 9.05 Å². The van der Waals surface area contributed by atoms with Crippen LogP contribution < -0.4 is 0 Å². The summed E-state index contributed by atoms with van der Waals surface area (Å²) in [7, 11) is -3.40. The molecule has 10 heteroatoms. The second-order valence-corrected chi connectivity index (χ2v) is 2.96. The largest absolute Gasteiger partial charge is 0.412 e. The van der Waals surface area contributed by atoms with E-state index in [2.05, 4.69) is 9.05 Å². The van der Waals surface area contributed by atoms with Crippen molar-refractivity contribution in [3.63, 3.8) is 0 Å². The van der Waals surface area contributed by atoms with Crippen molar-refractivity contribution in [3.8, 4) is 0 Å². The fourth-order valence-electron chi connectivity index (χ4n) is 0.289. The van der Waals surface area contributed by atoms with Gasteiger partial charge in [-0.1, -0.05) is 0 Å².